The molecule has 5 nitrogen and oxygen atoms in total. The number of hydrogen-bond donors (Lipinski definition) is 2. The quantitative estimate of drug-likeness (QED) is 0.687. The summed E-state index contributed by atoms with van der Waals surface area (Å²) in [5.74, 6) is 0.952. The van der Waals surface area contributed by atoms with Gasteiger partial charge in [-0.25, -0.2) is 4.39 Å². The highest BCUT2D eigenvalue weighted by molar-refractivity contribution is 5.89. The third kappa shape index (κ3) is 3.35. The van der Waals surface area contributed by atoms with Crippen molar-refractivity contribution < 1.29 is 13.9 Å². The Bertz CT molecular complexity index is 756. The molecule has 0 aliphatic heterocycles. The van der Waals surface area contributed by atoms with Crippen molar-refractivity contribution in [3.63, 3.8) is 0 Å². The Labute approximate surface area is 126 Å². The first-order chi connectivity index (χ1) is 10.7. The number of aromatic amines is 1. The highest BCUT2D eigenvalue weighted by Crippen LogP contribution is 2.22. The molecule has 22 heavy (non-hydrogen) atoms. The van der Waals surface area contributed by atoms with E-state index in [4.69, 9.17) is 15.2 Å². The second-order valence-electron chi connectivity index (χ2n) is 4.84. The number of halogens is 1. The van der Waals surface area contributed by atoms with Gasteiger partial charge in [0.15, 0.2) is 5.82 Å². The van der Waals surface area contributed by atoms with Crippen LogP contribution in [0, 0.1) is 5.82 Å². The van der Waals surface area contributed by atoms with Crippen LogP contribution in [0.1, 0.15) is 5.56 Å². The summed E-state index contributed by atoms with van der Waals surface area (Å²) in [6.45, 7) is 1.30. The number of anilines is 1. The van der Waals surface area contributed by atoms with E-state index < -0.39 is 0 Å². The van der Waals surface area contributed by atoms with Crippen molar-refractivity contribution in [3.8, 4) is 5.75 Å². The lowest BCUT2D eigenvalue weighted by Gasteiger charge is -2.07. The molecule has 0 aliphatic rings. The van der Waals surface area contributed by atoms with Gasteiger partial charge in [-0.2, -0.15) is 5.10 Å². The molecule has 0 atom stereocenters. The van der Waals surface area contributed by atoms with E-state index in [9.17, 15) is 4.39 Å². The minimum atomic E-state index is -0.248. The van der Waals surface area contributed by atoms with Gasteiger partial charge in [-0.15, -0.1) is 0 Å². The first-order valence-corrected chi connectivity index (χ1v) is 6.91. The predicted molar refractivity (Wildman–Crippen MR) is 82.1 cm³/mol. The van der Waals surface area contributed by atoms with Crippen molar-refractivity contribution >= 4 is 16.7 Å². The van der Waals surface area contributed by atoms with Crippen LogP contribution in [0.3, 0.4) is 0 Å². The van der Waals surface area contributed by atoms with E-state index in [2.05, 4.69) is 10.2 Å². The van der Waals surface area contributed by atoms with Gasteiger partial charge in [0, 0.05) is 11.5 Å². The Kier molecular flexibility index (Phi) is 4.20. The molecule has 0 amide bonds. The van der Waals surface area contributed by atoms with Gasteiger partial charge in [0.1, 0.15) is 18.2 Å². The fourth-order valence-electron chi connectivity index (χ4n) is 2.10. The smallest absolute Gasteiger partial charge is 0.153 e. The summed E-state index contributed by atoms with van der Waals surface area (Å²) in [7, 11) is 0. The SMILES string of the molecule is Nc1n[nH]c2cc(OCCOCc3ccc(F)cc3)ccc12. The zero-order valence-corrected chi connectivity index (χ0v) is 11.9. The van der Waals surface area contributed by atoms with E-state index in [1.807, 2.05) is 18.2 Å². The second-order valence-corrected chi connectivity index (χ2v) is 4.84. The van der Waals surface area contributed by atoms with Gasteiger partial charge in [0.05, 0.1) is 18.7 Å². The summed E-state index contributed by atoms with van der Waals surface area (Å²) in [4.78, 5) is 0. The molecule has 0 fully saturated rings. The van der Waals surface area contributed by atoms with Crippen LogP contribution < -0.4 is 10.5 Å². The predicted octanol–water partition coefficient (Wildman–Crippen LogP) is 2.88. The van der Waals surface area contributed by atoms with Crippen LogP contribution in [-0.2, 0) is 11.3 Å². The number of nitrogens with two attached hydrogens (primary N) is 1. The average Bonchev–Trinajstić information content (AvgIpc) is 2.90. The molecule has 2 aromatic carbocycles. The molecule has 0 bridgehead atoms. The van der Waals surface area contributed by atoms with Crippen LogP contribution in [0.25, 0.3) is 10.9 Å². The van der Waals surface area contributed by atoms with Crippen molar-refractivity contribution in [1.29, 1.82) is 0 Å². The highest BCUT2D eigenvalue weighted by atomic mass is 19.1. The summed E-state index contributed by atoms with van der Waals surface area (Å²) in [6, 6.07) is 11.8. The Hall–Kier alpha value is -2.60. The number of H-pyrrole nitrogens is 1. The van der Waals surface area contributed by atoms with Crippen LogP contribution in [0.2, 0.25) is 0 Å². The summed E-state index contributed by atoms with van der Waals surface area (Å²) >= 11 is 0. The summed E-state index contributed by atoms with van der Waals surface area (Å²) < 4.78 is 23.8. The molecule has 1 aromatic heterocycles. The molecule has 0 aliphatic carbocycles. The molecule has 0 saturated carbocycles. The first-order valence-electron chi connectivity index (χ1n) is 6.91. The van der Waals surface area contributed by atoms with Gasteiger partial charge in [-0.1, -0.05) is 12.1 Å². The number of hydrogen-bond acceptors (Lipinski definition) is 4. The summed E-state index contributed by atoms with van der Waals surface area (Å²) in [5.41, 5.74) is 7.47. The van der Waals surface area contributed by atoms with Crippen LogP contribution in [0.4, 0.5) is 10.2 Å². The first kappa shape index (κ1) is 14.3. The molecule has 0 saturated heterocycles. The molecule has 3 aromatic rings. The second kappa shape index (κ2) is 6.44. The molecule has 0 radical (unpaired) electrons. The van der Waals surface area contributed by atoms with E-state index in [0.29, 0.717) is 25.6 Å². The molecular formula is C16H16FN3O2. The number of rotatable bonds is 6. The van der Waals surface area contributed by atoms with Crippen LogP contribution in [0.5, 0.6) is 5.75 Å². The topological polar surface area (TPSA) is 73.2 Å². The minimum Gasteiger partial charge on any atom is -0.491 e. The number of nitrogens with zero attached hydrogens (tertiary/aromatic N) is 1. The third-order valence-corrected chi connectivity index (χ3v) is 3.24. The number of benzene rings is 2. The van der Waals surface area contributed by atoms with Crippen molar-refractivity contribution in [2.24, 2.45) is 0 Å². The molecule has 3 N–H and O–H groups in total. The summed E-state index contributed by atoms with van der Waals surface area (Å²) in [6.07, 6.45) is 0. The van der Waals surface area contributed by atoms with Crippen LogP contribution >= 0.6 is 0 Å². The van der Waals surface area contributed by atoms with Crippen LogP contribution in [-0.4, -0.2) is 23.4 Å². The summed E-state index contributed by atoms with van der Waals surface area (Å²) in [5, 5.41) is 7.65. The standard InChI is InChI=1S/C16H16FN3O2/c17-12-3-1-11(2-4-12)10-21-7-8-22-13-5-6-14-15(9-13)19-20-16(14)18/h1-6,9H,7-8,10H2,(H3,18,19,20). The Balaban J connectivity index is 1.45. The number of nitrogens with one attached hydrogen (secondary N) is 1. The minimum absolute atomic E-state index is 0.248. The Morgan fingerprint density at radius 3 is 2.73 bits per heavy atom. The van der Waals surface area contributed by atoms with Crippen molar-refractivity contribution in [3.05, 3.63) is 53.8 Å². The number of aromatic nitrogens is 2. The molecule has 0 unspecified atom stereocenters. The maximum atomic E-state index is 12.8. The third-order valence-electron chi connectivity index (χ3n) is 3.24. The lowest BCUT2D eigenvalue weighted by Crippen LogP contribution is -2.06. The fraction of sp³-hybridized carbons (Fsp3) is 0.188. The molecule has 3 rings (SSSR count). The van der Waals surface area contributed by atoms with Gasteiger partial charge in [-0.05, 0) is 29.8 Å². The molecule has 6 heteroatoms. The van der Waals surface area contributed by atoms with Gasteiger partial charge in [-0.3, -0.25) is 5.10 Å². The lowest BCUT2D eigenvalue weighted by molar-refractivity contribution is 0.0889. The van der Waals surface area contributed by atoms with E-state index in [1.165, 1.54) is 12.1 Å². The molecule has 114 valence electrons. The van der Waals surface area contributed by atoms with Gasteiger partial charge >= 0.3 is 0 Å². The van der Waals surface area contributed by atoms with Crippen molar-refractivity contribution in [2.45, 2.75) is 6.61 Å². The largest absolute Gasteiger partial charge is 0.491 e. The zero-order chi connectivity index (χ0) is 15.4. The Morgan fingerprint density at radius 1 is 1.09 bits per heavy atom. The van der Waals surface area contributed by atoms with Gasteiger partial charge in [0.25, 0.3) is 0 Å². The lowest BCUT2D eigenvalue weighted by atomic mass is 10.2. The number of fused-ring (bicyclic) bond motifs is 1. The van der Waals surface area contributed by atoms with E-state index >= 15 is 0 Å². The number of nitrogen functional groups attached to an aromatic ring is 1. The Morgan fingerprint density at radius 2 is 1.91 bits per heavy atom. The normalized spacial score (nSPS) is 11.0. The average molecular weight is 301 g/mol. The van der Waals surface area contributed by atoms with E-state index in [0.717, 1.165) is 22.2 Å². The fourth-order valence-corrected chi connectivity index (χ4v) is 2.10. The van der Waals surface area contributed by atoms with Crippen LogP contribution in [0.15, 0.2) is 42.5 Å². The maximum Gasteiger partial charge on any atom is 0.153 e. The highest BCUT2D eigenvalue weighted by Gasteiger charge is 2.03. The van der Waals surface area contributed by atoms with Gasteiger partial charge in [0.2, 0.25) is 0 Å². The maximum absolute atomic E-state index is 12.8. The van der Waals surface area contributed by atoms with Crippen molar-refractivity contribution in [2.75, 3.05) is 18.9 Å². The van der Waals surface area contributed by atoms with E-state index in [1.54, 1.807) is 12.1 Å². The monoisotopic (exact) mass is 301 g/mol. The molecule has 1 heterocycles. The van der Waals surface area contributed by atoms with E-state index in [-0.39, 0.29) is 5.82 Å². The zero-order valence-electron chi connectivity index (χ0n) is 11.9. The molecular weight excluding hydrogens is 285 g/mol. The number of ether oxygens (including phenoxy) is 2. The van der Waals surface area contributed by atoms with Crippen molar-refractivity contribution in [1.82, 2.24) is 10.2 Å². The van der Waals surface area contributed by atoms with Gasteiger partial charge < -0.3 is 15.2 Å². The molecule has 0 spiro atoms.